The van der Waals surface area contributed by atoms with Crippen molar-refractivity contribution in [1.82, 2.24) is 4.90 Å². The molecular formula is C17H23NO2. The lowest BCUT2D eigenvalue weighted by molar-refractivity contribution is -0.147. The molecule has 1 aromatic rings. The number of rotatable bonds is 7. The summed E-state index contributed by atoms with van der Waals surface area (Å²) in [5.74, 6) is -0.418. The summed E-state index contributed by atoms with van der Waals surface area (Å²) in [6.45, 7) is 9.26. The maximum Gasteiger partial charge on any atom is 0.330 e. The van der Waals surface area contributed by atoms with Crippen molar-refractivity contribution in [3.63, 3.8) is 0 Å². The van der Waals surface area contributed by atoms with Crippen LogP contribution in [0.2, 0.25) is 0 Å². The van der Waals surface area contributed by atoms with Crippen molar-refractivity contribution in [1.29, 1.82) is 0 Å². The van der Waals surface area contributed by atoms with Crippen LogP contribution in [0.4, 0.5) is 0 Å². The first kappa shape index (κ1) is 16.2. The normalized spacial score (nSPS) is 15.2. The SMILES string of the molecule is C=CC(=O)OC(C)C(C=C)(Cc1ccccc1)N(C)C. The number of carbonyl (C=O) groups is 1. The first-order chi connectivity index (χ1) is 9.46. The molecule has 0 aliphatic heterocycles. The molecule has 3 heteroatoms. The Morgan fingerprint density at radius 2 is 1.95 bits per heavy atom. The highest BCUT2D eigenvalue weighted by Gasteiger charge is 2.38. The van der Waals surface area contributed by atoms with Gasteiger partial charge in [0.05, 0.1) is 5.54 Å². The van der Waals surface area contributed by atoms with E-state index in [2.05, 4.69) is 25.3 Å². The van der Waals surface area contributed by atoms with E-state index in [-0.39, 0.29) is 6.10 Å². The summed E-state index contributed by atoms with van der Waals surface area (Å²) in [4.78, 5) is 13.5. The van der Waals surface area contributed by atoms with Crippen molar-refractivity contribution in [2.45, 2.75) is 25.0 Å². The molecule has 0 aromatic heterocycles. The van der Waals surface area contributed by atoms with Gasteiger partial charge in [0, 0.05) is 6.08 Å². The Morgan fingerprint density at radius 3 is 2.40 bits per heavy atom. The van der Waals surface area contributed by atoms with Crippen LogP contribution in [0.25, 0.3) is 0 Å². The lowest BCUT2D eigenvalue weighted by Gasteiger charge is -2.41. The van der Waals surface area contributed by atoms with Gasteiger partial charge in [0.25, 0.3) is 0 Å². The van der Waals surface area contributed by atoms with Crippen molar-refractivity contribution in [3.8, 4) is 0 Å². The van der Waals surface area contributed by atoms with Crippen molar-refractivity contribution in [3.05, 3.63) is 61.2 Å². The van der Waals surface area contributed by atoms with Gasteiger partial charge < -0.3 is 4.74 Å². The zero-order chi connectivity index (χ0) is 15.2. The molecule has 0 N–H and O–H groups in total. The number of ether oxygens (including phenoxy) is 1. The van der Waals surface area contributed by atoms with Crippen LogP contribution in [0.15, 0.2) is 55.6 Å². The van der Waals surface area contributed by atoms with Crippen LogP contribution in [0.1, 0.15) is 12.5 Å². The van der Waals surface area contributed by atoms with E-state index in [1.807, 2.05) is 50.2 Å². The Morgan fingerprint density at radius 1 is 1.35 bits per heavy atom. The fourth-order valence-corrected chi connectivity index (χ4v) is 2.33. The molecule has 3 nitrogen and oxygen atoms in total. The lowest BCUT2D eigenvalue weighted by Crippen LogP contribution is -2.54. The number of hydrogen-bond donors (Lipinski definition) is 0. The van der Waals surface area contributed by atoms with Crippen LogP contribution >= 0.6 is 0 Å². The van der Waals surface area contributed by atoms with Gasteiger partial charge in [-0.3, -0.25) is 4.90 Å². The first-order valence-corrected chi connectivity index (χ1v) is 6.64. The van der Waals surface area contributed by atoms with Crippen molar-refractivity contribution >= 4 is 5.97 Å². The fourth-order valence-electron chi connectivity index (χ4n) is 2.33. The summed E-state index contributed by atoms with van der Waals surface area (Å²) >= 11 is 0. The number of carbonyl (C=O) groups excluding carboxylic acids is 1. The minimum absolute atomic E-state index is 0.333. The van der Waals surface area contributed by atoms with Gasteiger partial charge in [-0.2, -0.15) is 0 Å². The van der Waals surface area contributed by atoms with Crippen LogP contribution in [0.5, 0.6) is 0 Å². The third-order valence-electron chi connectivity index (χ3n) is 3.68. The molecule has 0 saturated heterocycles. The summed E-state index contributed by atoms with van der Waals surface area (Å²) in [5, 5.41) is 0. The third-order valence-corrected chi connectivity index (χ3v) is 3.68. The summed E-state index contributed by atoms with van der Waals surface area (Å²) in [6.07, 6.45) is 3.42. The summed E-state index contributed by atoms with van der Waals surface area (Å²) in [6, 6.07) is 10.1. The summed E-state index contributed by atoms with van der Waals surface area (Å²) in [7, 11) is 3.92. The van der Waals surface area contributed by atoms with E-state index >= 15 is 0 Å². The van der Waals surface area contributed by atoms with E-state index in [0.717, 1.165) is 6.42 Å². The lowest BCUT2D eigenvalue weighted by atomic mass is 9.84. The van der Waals surface area contributed by atoms with Crippen LogP contribution in [0.3, 0.4) is 0 Å². The molecule has 0 bridgehead atoms. The average molecular weight is 273 g/mol. The van der Waals surface area contributed by atoms with Gasteiger partial charge in [0.15, 0.2) is 0 Å². The predicted octanol–water partition coefficient (Wildman–Crippen LogP) is 2.83. The topological polar surface area (TPSA) is 29.5 Å². The second kappa shape index (κ2) is 7.06. The molecule has 2 unspecified atom stereocenters. The summed E-state index contributed by atoms with van der Waals surface area (Å²) < 4.78 is 5.42. The Bertz CT molecular complexity index is 467. The van der Waals surface area contributed by atoms with Gasteiger partial charge in [0.2, 0.25) is 0 Å². The monoisotopic (exact) mass is 273 g/mol. The minimum atomic E-state index is -0.458. The average Bonchev–Trinajstić information content (AvgIpc) is 2.45. The van der Waals surface area contributed by atoms with E-state index in [0.29, 0.717) is 0 Å². The van der Waals surface area contributed by atoms with Crippen molar-refractivity contribution in [2.75, 3.05) is 14.1 Å². The van der Waals surface area contributed by atoms with Gasteiger partial charge in [-0.25, -0.2) is 4.79 Å². The highest BCUT2D eigenvalue weighted by atomic mass is 16.5. The molecule has 20 heavy (non-hydrogen) atoms. The highest BCUT2D eigenvalue weighted by molar-refractivity contribution is 5.81. The van der Waals surface area contributed by atoms with E-state index in [1.54, 1.807) is 0 Å². The maximum absolute atomic E-state index is 11.5. The van der Waals surface area contributed by atoms with E-state index in [9.17, 15) is 4.79 Å². The Hall–Kier alpha value is -1.87. The molecule has 0 saturated carbocycles. The second-order valence-electron chi connectivity index (χ2n) is 5.04. The molecule has 108 valence electrons. The second-order valence-corrected chi connectivity index (χ2v) is 5.04. The summed E-state index contributed by atoms with van der Waals surface area (Å²) in [5.41, 5.74) is 0.711. The zero-order valence-corrected chi connectivity index (χ0v) is 12.5. The molecule has 0 aliphatic carbocycles. The van der Waals surface area contributed by atoms with Gasteiger partial charge in [-0.1, -0.05) is 43.0 Å². The van der Waals surface area contributed by atoms with Gasteiger partial charge in [0.1, 0.15) is 6.10 Å². The van der Waals surface area contributed by atoms with Gasteiger partial charge in [-0.15, -0.1) is 6.58 Å². The Labute approximate surface area is 121 Å². The largest absolute Gasteiger partial charge is 0.457 e. The van der Waals surface area contributed by atoms with Crippen molar-refractivity contribution in [2.24, 2.45) is 0 Å². The molecular weight excluding hydrogens is 250 g/mol. The molecule has 1 rings (SSSR count). The van der Waals surface area contributed by atoms with Crippen LogP contribution in [0, 0.1) is 0 Å². The molecule has 0 fully saturated rings. The minimum Gasteiger partial charge on any atom is -0.457 e. The van der Waals surface area contributed by atoms with Gasteiger partial charge >= 0.3 is 5.97 Å². The molecule has 2 atom stereocenters. The van der Waals surface area contributed by atoms with E-state index in [4.69, 9.17) is 4.74 Å². The highest BCUT2D eigenvalue weighted by Crippen LogP contribution is 2.26. The smallest absolute Gasteiger partial charge is 0.330 e. The van der Waals surface area contributed by atoms with Gasteiger partial charge in [-0.05, 0) is 33.0 Å². The van der Waals surface area contributed by atoms with Crippen LogP contribution in [-0.4, -0.2) is 36.6 Å². The number of nitrogens with zero attached hydrogens (tertiary/aromatic N) is 1. The van der Waals surface area contributed by atoms with E-state index < -0.39 is 11.5 Å². The quantitative estimate of drug-likeness (QED) is 0.434. The van der Waals surface area contributed by atoms with Crippen LogP contribution < -0.4 is 0 Å². The molecule has 0 amide bonds. The Kier molecular flexibility index (Phi) is 5.71. The number of hydrogen-bond acceptors (Lipinski definition) is 3. The number of likely N-dealkylation sites (N-methyl/N-ethyl adjacent to an activating group) is 1. The Balaban J connectivity index is 3.05. The zero-order valence-electron chi connectivity index (χ0n) is 12.5. The number of esters is 1. The molecule has 1 aromatic carbocycles. The predicted molar refractivity (Wildman–Crippen MR) is 82.5 cm³/mol. The molecule has 0 radical (unpaired) electrons. The number of benzene rings is 1. The standard InChI is InChI=1S/C17H23NO2/c1-6-16(19)20-14(3)17(7-2,18(4)5)13-15-11-9-8-10-12-15/h6-12,14H,1-2,13H2,3-5H3. The van der Waals surface area contributed by atoms with Crippen molar-refractivity contribution < 1.29 is 9.53 Å². The third kappa shape index (κ3) is 3.58. The maximum atomic E-state index is 11.5. The first-order valence-electron chi connectivity index (χ1n) is 6.64. The fraction of sp³-hybridized carbons (Fsp3) is 0.353. The molecule has 0 aliphatic rings. The van der Waals surface area contributed by atoms with E-state index in [1.165, 1.54) is 11.6 Å². The van der Waals surface area contributed by atoms with Crippen LogP contribution in [-0.2, 0) is 16.0 Å². The molecule has 0 heterocycles. The molecule has 0 spiro atoms.